The number of nitrogens with zero attached hydrogens (tertiary/aromatic N) is 1. The molecule has 0 aliphatic heterocycles. The molecule has 0 aliphatic carbocycles. The molecule has 2 aromatic rings. The molecule has 0 unspecified atom stereocenters. The number of para-hydroxylation sites is 1. The predicted molar refractivity (Wildman–Crippen MR) is 91.6 cm³/mol. The van der Waals surface area contributed by atoms with Gasteiger partial charge in [0.2, 0.25) is 5.91 Å². The highest BCUT2D eigenvalue weighted by atomic mass is 32.1. The lowest BCUT2D eigenvalue weighted by Gasteiger charge is -2.34. The van der Waals surface area contributed by atoms with E-state index in [1.807, 2.05) is 0 Å². The van der Waals surface area contributed by atoms with Gasteiger partial charge in [-0.3, -0.25) is 4.79 Å². The Labute approximate surface area is 151 Å². The molecule has 0 aliphatic rings. The van der Waals surface area contributed by atoms with Crippen LogP contribution in [0.3, 0.4) is 0 Å². The molecule has 10 heteroatoms. The van der Waals surface area contributed by atoms with E-state index in [2.05, 4.69) is 15.0 Å². The number of anilines is 1. The third-order valence-electron chi connectivity index (χ3n) is 3.43. The highest BCUT2D eigenvalue weighted by Gasteiger charge is 2.63. The van der Waals surface area contributed by atoms with E-state index in [1.165, 1.54) is 0 Å². The van der Waals surface area contributed by atoms with Crippen LogP contribution >= 0.6 is 11.3 Å². The number of carbonyl (C=O) groups is 2. The molecule has 2 rings (SSSR count). The Morgan fingerprint density at radius 3 is 2.46 bits per heavy atom. The number of fused-ring (bicyclic) bond motifs is 1. The number of hydrogen-bond donors (Lipinski definition) is 2. The zero-order chi connectivity index (χ0) is 19.5. The van der Waals surface area contributed by atoms with Gasteiger partial charge >= 0.3 is 17.8 Å². The van der Waals surface area contributed by atoms with Crippen molar-refractivity contribution in [1.29, 1.82) is 0 Å². The number of esters is 1. The summed E-state index contributed by atoms with van der Waals surface area (Å²) < 4.78 is 46.5. The summed E-state index contributed by atoms with van der Waals surface area (Å²) in [5.74, 6) is -2.81. The Kier molecular flexibility index (Phi) is 5.74. The fourth-order valence-electron chi connectivity index (χ4n) is 2.26. The molecular formula is C16H18F3N3O3S. The molecule has 1 heterocycles. The minimum atomic E-state index is -5.16. The molecule has 1 amide bonds. The molecule has 1 atom stereocenters. The van der Waals surface area contributed by atoms with Crippen LogP contribution in [-0.2, 0) is 14.3 Å². The number of ether oxygens (including phenoxy) is 1. The van der Waals surface area contributed by atoms with Crippen LogP contribution in [0.4, 0.5) is 18.3 Å². The summed E-state index contributed by atoms with van der Waals surface area (Å²) in [6, 6.07) is 6.71. The van der Waals surface area contributed by atoms with E-state index >= 15 is 0 Å². The molecule has 26 heavy (non-hydrogen) atoms. The number of hydrogen-bond acceptors (Lipinski definition) is 6. The van der Waals surface area contributed by atoms with E-state index in [-0.39, 0.29) is 17.5 Å². The molecule has 0 radical (unpaired) electrons. The van der Waals surface area contributed by atoms with E-state index in [4.69, 9.17) is 0 Å². The van der Waals surface area contributed by atoms with Crippen LogP contribution in [0.1, 0.15) is 20.3 Å². The van der Waals surface area contributed by atoms with Crippen LogP contribution in [0.5, 0.6) is 0 Å². The Balaban J connectivity index is 2.46. The zero-order valence-corrected chi connectivity index (χ0v) is 15.1. The van der Waals surface area contributed by atoms with E-state index in [0.717, 1.165) is 18.4 Å². The lowest BCUT2D eigenvalue weighted by molar-refractivity contribution is -0.206. The Morgan fingerprint density at radius 1 is 1.27 bits per heavy atom. The van der Waals surface area contributed by atoms with Crippen molar-refractivity contribution in [3.8, 4) is 0 Å². The standard InChI is InChI=1S/C16H18F3N3O3S/c1-9(2)8-12(23)21-15(13(24)25-3,16(17,18)19)22-14-20-10-6-4-5-7-11(10)26-14/h4-7,9H,8H2,1-3H3,(H,20,22)(H,21,23)/t15-/m0/s1. The van der Waals surface area contributed by atoms with Gasteiger partial charge in [0, 0.05) is 6.42 Å². The molecule has 1 aromatic heterocycles. The van der Waals surface area contributed by atoms with Gasteiger partial charge in [-0.15, -0.1) is 0 Å². The largest absolute Gasteiger partial charge is 0.466 e. The van der Waals surface area contributed by atoms with Crippen molar-refractivity contribution in [1.82, 2.24) is 10.3 Å². The second kappa shape index (κ2) is 7.48. The summed E-state index contributed by atoms with van der Waals surface area (Å²) >= 11 is 0.928. The van der Waals surface area contributed by atoms with Crippen molar-refractivity contribution in [2.75, 3.05) is 12.4 Å². The molecule has 0 saturated heterocycles. The molecule has 0 bridgehead atoms. The van der Waals surface area contributed by atoms with E-state index in [9.17, 15) is 22.8 Å². The number of aromatic nitrogens is 1. The molecular weight excluding hydrogens is 371 g/mol. The van der Waals surface area contributed by atoms with Gasteiger partial charge in [-0.1, -0.05) is 37.3 Å². The lowest BCUT2D eigenvalue weighted by atomic mass is 10.1. The summed E-state index contributed by atoms with van der Waals surface area (Å²) in [4.78, 5) is 28.1. The number of alkyl halides is 3. The van der Waals surface area contributed by atoms with E-state index < -0.39 is 23.7 Å². The average Bonchev–Trinajstić information content (AvgIpc) is 2.93. The van der Waals surface area contributed by atoms with Crippen molar-refractivity contribution in [3.05, 3.63) is 24.3 Å². The number of thiazole rings is 1. The first-order chi connectivity index (χ1) is 12.1. The first-order valence-electron chi connectivity index (χ1n) is 7.69. The van der Waals surface area contributed by atoms with Crippen molar-refractivity contribution in [3.63, 3.8) is 0 Å². The SMILES string of the molecule is COC(=O)[C@](NC(=O)CC(C)C)(Nc1nc2ccccc2s1)C(F)(F)F. The quantitative estimate of drug-likeness (QED) is 0.585. The summed E-state index contributed by atoms with van der Waals surface area (Å²) in [5, 5.41) is 3.65. The van der Waals surface area contributed by atoms with Crippen LogP contribution < -0.4 is 10.6 Å². The highest BCUT2D eigenvalue weighted by Crippen LogP contribution is 2.35. The van der Waals surface area contributed by atoms with Gasteiger partial charge in [0.1, 0.15) is 0 Å². The normalized spacial score (nSPS) is 14.1. The number of amides is 1. The van der Waals surface area contributed by atoms with Crippen LogP contribution in [-0.4, -0.2) is 35.8 Å². The topological polar surface area (TPSA) is 80.3 Å². The lowest BCUT2D eigenvalue weighted by Crippen LogP contribution is -2.69. The minimum absolute atomic E-state index is 0.168. The maximum absolute atomic E-state index is 13.9. The number of nitrogens with one attached hydrogen (secondary N) is 2. The Bertz CT molecular complexity index is 774. The minimum Gasteiger partial charge on any atom is -0.466 e. The van der Waals surface area contributed by atoms with Crippen molar-refractivity contribution < 1.29 is 27.5 Å². The summed E-state index contributed by atoms with van der Waals surface area (Å²) in [5.41, 5.74) is -2.96. The van der Waals surface area contributed by atoms with Crippen LogP contribution in [0.2, 0.25) is 0 Å². The second-order valence-electron chi connectivity index (χ2n) is 6.00. The number of benzene rings is 1. The van der Waals surface area contributed by atoms with Crippen LogP contribution in [0, 0.1) is 5.92 Å². The molecule has 142 valence electrons. The van der Waals surface area contributed by atoms with E-state index in [1.54, 1.807) is 43.4 Å². The molecule has 0 fully saturated rings. The number of rotatable bonds is 6. The van der Waals surface area contributed by atoms with Crippen molar-refractivity contribution in [2.24, 2.45) is 5.92 Å². The molecule has 1 aromatic carbocycles. The summed E-state index contributed by atoms with van der Waals surface area (Å²) in [6.07, 6.45) is -5.35. The Morgan fingerprint density at radius 2 is 1.92 bits per heavy atom. The Hall–Kier alpha value is -2.36. The third-order valence-corrected chi connectivity index (χ3v) is 4.38. The maximum Gasteiger partial charge on any atom is 0.442 e. The number of halogens is 3. The van der Waals surface area contributed by atoms with Crippen LogP contribution in [0.15, 0.2) is 24.3 Å². The van der Waals surface area contributed by atoms with Gasteiger partial charge in [0.25, 0.3) is 0 Å². The van der Waals surface area contributed by atoms with Gasteiger partial charge in [0.15, 0.2) is 5.13 Å². The zero-order valence-electron chi connectivity index (χ0n) is 14.3. The van der Waals surface area contributed by atoms with Gasteiger partial charge in [0.05, 0.1) is 17.3 Å². The number of methoxy groups -OCH3 is 1. The van der Waals surface area contributed by atoms with Gasteiger partial charge in [-0.05, 0) is 18.1 Å². The third kappa shape index (κ3) is 4.06. The molecule has 6 nitrogen and oxygen atoms in total. The first kappa shape index (κ1) is 20.0. The average molecular weight is 389 g/mol. The molecule has 0 saturated carbocycles. The number of carbonyl (C=O) groups excluding carboxylic acids is 2. The molecule has 2 N–H and O–H groups in total. The smallest absolute Gasteiger partial charge is 0.442 e. The monoisotopic (exact) mass is 389 g/mol. The predicted octanol–water partition coefficient (Wildman–Crippen LogP) is 3.30. The van der Waals surface area contributed by atoms with Gasteiger partial charge in [-0.2, -0.15) is 13.2 Å². The van der Waals surface area contributed by atoms with Gasteiger partial charge in [-0.25, -0.2) is 9.78 Å². The van der Waals surface area contributed by atoms with Gasteiger partial charge < -0.3 is 15.4 Å². The maximum atomic E-state index is 13.9. The fraction of sp³-hybridized carbons (Fsp3) is 0.438. The van der Waals surface area contributed by atoms with E-state index in [0.29, 0.717) is 10.2 Å². The van der Waals surface area contributed by atoms with Crippen molar-refractivity contribution >= 4 is 38.6 Å². The fourth-order valence-corrected chi connectivity index (χ4v) is 3.18. The van der Waals surface area contributed by atoms with Crippen LogP contribution in [0.25, 0.3) is 10.2 Å². The second-order valence-corrected chi connectivity index (χ2v) is 7.03. The highest BCUT2D eigenvalue weighted by molar-refractivity contribution is 7.22. The summed E-state index contributed by atoms with van der Waals surface area (Å²) in [7, 11) is 0.817. The molecule has 0 spiro atoms. The summed E-state index contributed by atoms with van der Waals surface area (Å²) in [6.45, 7) is 3.35. The first-order valence-corrected chi connectivity index (χ1v) is 8.50. The van der Waals surface area contributed by atoms with Crippen molar-refractivity contribution in [2.45, 2.75) is 32.1 Å².